The predicted octanol–water partition coefficient (Wildman–Crippen LogP) is 11.5. The molecule has 0 saturated carbocycles. The average Bonchev–Trinajstić information content (AvgIpc) is 3.66. The van der Waals surface area contributed by atoms with Crippen molar-refractivity contribution >= 4 is 5.57 Å². The van der Waals surface area contributed by atoms with Gasteiger partial charge in [-0.2, -0.15) is 0 Å². The molecule has 3 nitrogen and oxygen atoms in total. The Morgan fingerprint density at radius 3 is 1.50 bits per heavy atom. The highest BCUT2D eigenvalue weighted by atomic mass is 15.0. The highest BCUT2D eigenvalue weighted by Gasteiger charge is 2.38. The quantitative estimate of drug-likeness (QED) is 0.193. The van der Waals surface area contributed by atoms with Gasteiger partial charge in [0.1, 0.15) is 0 Å². The van der Waals surface area contributed by atoms with Gasteiger partial charge in [0.2, 0.25) is 0 Å². The van der Waals surface area contributed by atoms with Crippen LogP contribution >= 0.6 is 0 Å². The molecule has 7 aromatic rings. The third-order valence-corrected chi connectivity index (χ3v) is 11.4. The molecule has 0 aliphatic heterocycles. The molecule has 0 radical (unpaired) electrons. The van der Waals surface area contributed by atoms with Gasteiger partial charge >= 0.3 is 0 Å². The van der Waals surface area contributed by atoms with Crippen molar-refractivity contribution in [2.75, 3.05) is 0 Å². The standard InChI is InChI=1S/C47H35N3/c1-27-35-23-29(19-21-31(35)37-26-42-38(25-36(27)37)33-16-10-12-18-40(33)47(42,4)5)44-48-43(28-13-7-6-8-14-28)49-45(50-44)30-20-22-34-32-15-9-11-17-39(32)46(2,3)41(34)24-30/h6-26H,1H2,2-5H3. The summed E-state index contributed by atoms with van der Waals surface area (Å²) in [7, 11) is 0. The fourth-order valence-corrected chi connectivity index (χ4v) is 8.73. The van der Waals surface area contributed by atoms with Gasteiger partial charge in [-0.3, -0.25) is 0 Å². The van der Waals surface area contributed by atoms with Crippen LogP contribution in [0, 0.1) is 0 Å². The second-order valence-corrected chi connectivity index (χ2v) is 15.0. The first kappa shape index (κ1) is 29.0. The maximum absolute atomic E-state index is 5.16. The van der Waals surface area contributed by atoms with Crippen LogP contribution in [0.2, 0.25) is 0 Å². The molecule has 0 amide bonds. The lowest BCUT2D eigenvalue weighted by Crippen LogP contribution is -2.15. The summed E-state index contributed by atoms with van der Waals surface area (Å²) < 4.78 is 0. The van der Waals surface area contributed by atoms with Gasteiger partial charge in [0.25, 0.3) is 0 Å². The van der Waals surface area contributed by atoms with E-state index in [0.717, 1.165) is 27.8 Å². The number of hydrogen-bond acceptors (Lipinski definition) is 3. The highest BCUT2D eigenvalue weighted by Crippen LogP contribution is 2.54. The van der Waals surface area contributed by atoms with Crippen LogP contribution in [0.15, 0.2) is 134 Å². The van der Waals surface area contributed by atoms with Crippen LogP contribution in [0.5, 0.6) is 0 Å². The summed E-state index contributed by atoms with van der Waals surface area (Å²) >= 11 is 0. The van der Waals surface area contributed by atoms with E-state index in [9.17, 15) is 0 Å². The maximum atomic E-state index is 5.16. The van der Waals surface area contributed by atoms with Crippen LogP contribution in [0.25, 0.3) is 73.1 Å². The molecule has 50 heavy (non-hydrogen) atoms. The Balaban J connectivity index is 1.10. The van der Waals surface area contributed by atoms with Gasteiger partial charge in [0.15, 0.2) is 17.5 Å². The molecule has 1 heterocycles. The lowest BCUT2D eigenvalue weighted by Gasteiger charge is -2.22. The fraction of sp³-hybridized carbons (Fsp3) is 0.128. The van der Waals surface area contributed by atoms with Gasteiger partial charge in [-0.15, -0.1) is 0 Å². The molecular weight excluding hydrogens is 607 g/mol. The third-order valence-electron chi connectivity index (χ3n) is 11.4. The molecule has 0 spiro atoms. The Labute approximate surface area is 293 Å². The van der Waals surface area contributed by atoms with E-state index in [0.29, 0.717) is 17.5 Å². The van der Waals surface area contributed by atoms with Crippen molar-refractivity contribution in [2.24, 2.45) is 0 Å². The molecule has 3 aliphatic rings. The van der Waals surface area contributed by atoms with Crippen molar-refractivity contribution in [3.63, 3.8) is 0 Å². The molecule has 1 aromatic heterocycles. The van der Waals surface area contributed by atoms with Gasteiger partial charge in [0.05, 0.1) is 0 Å². The summed E-state index contributed by atoms with van der Waals surface area (Å²) in [6.45, 7) is 13.9. The van der Waals surface area contributed by atoms with Crippen molar-refractivity contribution in [3.05, 3.63) is 167 Å². The zero-order chi connectivity index (χ0) is 33.9. The number of hydrogen-bond donors (Lipinski definition) is 0. The van der Waals surface area contributed by atoms with Gasteiger partial charge < -0.3 is 0 Å². The van der Waals surface area contributed by atoms with Crippen molar-refractivity contribution in [1.29, 1.82) is 0 Å². The molecule has 0 atom stereocenters. The molecule has 0 saturated heterocycles. The molecule has 0 fully saturated rings. The first-order valence-electron chi connectivity index (χ1n) is 17.4. The largest absolute Gasteiger partial charge is 0.208 e. The van der Waals surface area contributed by atoms with Gasteiger partial charge in [-0.1, -0.05) is 137 Å². The van der Waals surface area contributed by atoms with Crippen LogP contribution in [-0.4, -0.2) is 15.0 Å². The number of fused-ring (bicyclic) bond motifs is 9. The van der Waals surface area contributed by atoms with Crippen LogP contribution < -0.4 is 0 Å². The molecule has 0 unspecified atom stereocenters. The number of nitrogens with zero attached hydrogens (tertiary/aromatic N) is 3. The van der Waals surface area contributed by atoms with Gasteiger partial charge in [0, 0.05) is 27.5 Å². The zero-order valence-corrected chi connectivity index (χ0v) is 28.7. The summed E-state index contributed by atoms with van der Waals surface area (Å²) in [6.07, 6.45) is 0. The van der Waals surface area contributed by atoms with Crippen molar-refractivity contribution in [3.8, 4) is 67.5 Å². The molecule has 0 N–H and O–H groups in total. The predicted molar refractivity (Wildman–Crippen MR) is 205 cm³/mol. The average molecular weight is 642 g/mol. The molecule has 238 valence electrons. The Bertz CT molecular complexity index is 2610. The van der Waals surface area contributed by atoms with E-state index in [1.54, 1.807) is 0 Å². The van der Waals surface area contributed by atoms with E-state index in [-0.39, 0.29) is 10.8 Å². The molecule has 6 aromatic carbocycles. The van der Waals surface area contributed by atoms with E-state index in [1.165, 1.54) is 61.2 Å². The third kappa shape index (κ3) is 3.95. The molecule has 3 heteroatoms. The molecular formula is C47H35N3. The second kappa shape index (κ2) is 10.1. The summed E-state index contributed by atoms with van der Waals surface area (Å²) in [5.41, 5.74) is 19.2. The lowest BCUT2D eigenvalue weighted by molar-refractivity contribution is 0.660. The topological polar surface area (TPSA) is 38.7 Å². The Morgan fingerprint density at radius 1 is 0.360 bits per heavy atom. The second-order valence-electron chi connectivity index (χ2n) is 15.0. The monoisotopic (exact) mass is 641 g/mol. The van der Waals surface area contributed by atoms with E-state index < -0.39 is 0 Å². The van der Waals surface area contributed by atoms with Gasteiger partial charge in [-0.25, -0.2) is 15.0 Å². The van der Waals surface area contributed by atoms with E-state index in [1.807, 2.05) is 18.2 Å². The van der Waals surface area contributed by atoms with Crippen LogP contribution in [0.1, 0.15) is 61.1 Å². The molecule has 3 aliphatic carbocycles. The van der Waals surface area contributed by atoms with Crippen molar-refractivity contribution in [1.82, 2.24) is 15.0 Å². The summed E-state index contributed by atoms with van der Waals surface area (Å²) in [4.78, 5) is 15.3. The Hall–Kier alpha value is -5.93. The van der Waals surface area contributed by atoms with Crippen LogP contribution in [-0.2, 0) is 10.8 Å². The summed E-state index contributed by atoms with van der Waals surface area (Å²) in [5.74, 6) is 1.98. The van der Waals surface area contributed by atoms with E-state index in [2.05, 4.69) is 143 Å². The van der Waals surface area contributed by atoms with Crippen LogP contribution in [0.4, 0.5) is 0 Å². The van der Waals surface area contributed by atoms with Gasteiger partial charge in [-0.05, 0) is 96.6 Å². The minimum absolute atomic E-state index is 0.0599. The SMILES string of the molecule is C=C1c2cc(-c3nc(-c4ccccc4)nc(-c4ccc5c(c4)C(C)(C)c4ccccc4-5)n3)ccc2-c2cc3c(cc21)-c1ccccc1C3(C)C. The van der Waals surface area contributed by atoms with Crippen LogP contribution in [0.3, 0.4) is 0 Å². The van der Waals surface area contributed by atoms with Crippen molar-refractivity contribution < 1.29 is 0 Å². The minimum Gasteiger partial charge on any atom is -0.208 e. The van der Waals surface area contributed by atoms with E-state index in [4.69, 9.17) is 15.0 Å². The first-order valence-corrected chi connectivity index (χ1v) is 17.4. The number of rotatable bonds is 3. The Kier molecular flexibility index (Phi) is 5.84. The number of aromatic nitrogens is 3. The summed E-state index contributed by atoms with van der Waals surface area (Å²) in [5, 5.41) is 0. The maximum Gasteiger partial charge on any atom is 0.164 e. The van der Waals surface area contributed by atoms with Crippen molar-refractivity contribution in [2.45, 2.75) is 38.5 Å². The Morgan fingerprint density at radius 2 is 0.840 bits per heavy atom. The zero-order valence-electron chi connectivity index (χ0n) is 28.7. The number of benzene rings is 6. The van der Waals surface area contributed by atoms with E-state index >= 15 is 0 Å². The highest BCUT2D eigenvalue weighted by molar-refractivity contribution is 6.04. The summed E-state index contributed by atoms with van der Waals surface area (Å²) in [6, 6.07) is 45.8. The fourth-order valence-electron chi connectivity index (χ4n) is 8.73. The minimum atomic E-state index is -0.118. The normalized spacial score (nSPS) is 15.2. The lowest BCUT2D eigenvalue weighted by atomic mass is 9.81. The molecule has 10 rings (SSSR count). The first-order chi connectivity index (χ1) is 24.2. The molecule has 0 bridgehead atoms. The smallest absolute Gasteiger partial charge is 0.164 e.